The number of carbonyl (C=O) groups is 1. The normalized spacial score (nSPS) is 9.69. The molecule has 0 spiro atoms. The van der Waals surface area contributed by atoms with Gasteiger partial charge in [0.05, 0.1) is 0 Å². The van der Waals surface area contributed by atoms with Crippen LogP contribution in [-0.2, 0) is 4.79 Å². The third-order valence-electron chi connectivity index (χ3n) is 1.45. The van der Waals surface area contributed by atoms with Crippen molar-refractivity contribution in [2.24, 2.45) is 0 Å². The Morgan fingerprint density at radius 1 is 1.31 bits per heavy atom. The quantitative estimate of drug-likeness (QED) is 0.776. The van der Waals surface area contributed by atoms with Crippen molar-refractivity contribution in [1.29, 1.82) is 0 Å². The van der Waals surface area contributed by atoms with Gasteiger partial charge in [0.25, 0.3) is 0 Å². The summed E-state index contributed by atoms with van der Waals surface area (Å²) in [6, 6.07) is 6.93. The monoisotopic (exact) mass is 217 g/mol. The lowest BCUT2D eigenvalue weighted by molar-refractivity contribution is -0.115. The Balaban J connectivity index is 2.54. The summed E-state index contributed by atoms with van der Waals surface area (Å²) in [5.74, 6) is 0.247. The number of halogens is 2. The number of hydrogen-bond donors (Lipinski definition) is 1. The van der Waals surface area contributed by atoms with Crippen LogP contribution in [0.15, 0.2) is 24.3 Å². The molecule has 0 unspecified atom stereocenters. The molecule has 0 fully saturated rings. The number of benzene rings is 1. The number of alkyl halides is 1. The third-order valence-corrected chi connectivity index (χ3v) is 1.89. The van der Waals surface area contributed by atoms with Gasteiger partial charge in [-0.1, -0.05) is 11.6 Å². The number of rotatable bonds is 3. The highest BCUT2D eigenvalue weighted by Crippen LogP contribution is 2.13. The average molecular weight is 218 g/mol. The maximum Gasteiger partial charge on any atom is 0.225 e. The van der Waals surface area contributed by atoms with Gasteiger partial charge >= 0.3 is 0 Å². The fourth-order valence-electron chi connectivity index (χ4n) is 0.843. The maximum absolute atomic E-state index is 11.1. The molecule has 0 aliphatic heterocycles. The van der Waals surface area contributed by atoms with Crippen LogP contribution in [-0.4, -0.2) is 11.8 Å². The molecule has 1 aromatic rings. The predicted molar refractivity (Wildman–Crippen MR) is 55.4 cm³/mol. The first-order valence-electron chi connectivity index (χ1n) is 3.84. The molecule has 13 heavy (non-hydrogen) atoms. The average Bonchev–Trinajstić information content (AvgIpc) is 2.09. The Hall–Kier alpha value is -0.730. The number of amides is 1. The Morgan fingerprint density at radius 3 is 2.46 bits per heavy atom. The van der Waals surface area contributed by atoms with E-state index in [4.69, 9.17) is 23.2 Å². The van der Waals surface area contributed by atoms with E-state index in [1.165, 1.54) is 0 Å². The van der Waals surface area contributed by atoms with E-state index in [0.29, 0.717) is 17.3 Å². The molecule has 0 aliphatic rings. The highest BCUT2D eigenvalue weighted by Gasteiger charge is 1.99. The van der Waals surface area contributed by atoms with Crippen LogP contribution in [0.3, 0.4) is 0 Å². The molecule has 0 atom stereocenters. The van der Waals surface area contributed by atoms with Gasteiger partial charge in [-0.15, -0.1) is 11.6 Å². The lowest BCUT2D eigenvalue weighted by Gasteiger charge is -2.02. The van der Waals surface area contributed by atoms with Crippen LogP contribution in [0, 0.1) is 0 Å². The van der Waals surface area contributed by atoms with Crippen LogP contribution in [0.4, 0.5) is 5.69 Å². The van der Waals surface area contributed by atoms with Crippen LogP contribution in [0.25, 0.3) is 0 Å². The summed E-state index contributed by atoms with van der Waals surface area (Å²) in [5, 5.41) is 3.34. The Labute approximate surface area is 86.8 Å². The second-order valence-corrected chi connectivity index (χ2v) is 3.31. The minimum absolute atomic E-state index is 0.0858. The number of carbonyl (C=O) groups excluding carboxylic acids is 1. The molecule has 1 N–H and O–H groups in total. The lowest BCUT2D eigenvalue weighted by atomic mass is 10.3. The Bertz CT molecular complexity index is 284. The lowest BCUT2D eigenvalue weighted by Crippen LogP contribution is -2.11. The van der Waals surface area contributed by atoms with Gasteiger partial charge in [-0.2, -0.15) is 0 Å². The van der Waals surface area contributed by atoms with Crippen LogP contribution < -0.4 is 5.32 Å². The van der Waals surface area contributed by atoms with Gasteiger partial charge < -0.3 is 5.32 Å². The molecule has 0 heterocycles. The smallest absolute Gasteiger partial charge is 0.225 e. The summed E-state index contributed by atoms with van der Waals surface area (Å²) >= 11 is 11.1. The van der Waals surface area contributed by atoms with Gasteiger partial charge in [-0.3, -0.25) is 4.79 Å². The van der Waals surface area contributed by atoms with E-state index < -0.39 is 0 Å². The summed E-state index contributed by atoms with van der Waals surface area (Å²) in [5.41, 5.74) is 0.736. The predicted octanol–water partition coefficient (Wildman–Crippen LogP) is 2.91. The fraction of sp³-hybridized carbons (Fsp3) is 0.222. The van der Waals surface area contributed by atoms with Gasteiger partial charge in [0.1, 0.15) is 0 Å². The molecule has 0 saturated carbocycles. The fourth-order valence-corrected chi connectivity index (χ4v) is 1.14. The minimum Gasteiger partial charge on any atom is -0.326 e. The standard InChI is InChI=1S/C9H9Cl2NO/c10-6-5-9(13)12-8-3-1-7(11)2-4-8/h1-4H,5-6H2,(H,12,13). The van der Waals surface area contributed by atoms with E-state index in [2.05, 4.69) is 5.32 Å². The number of nitrogens with one attached hydrogen (secondary N) is 1. The van der Waals surface area contributed by atoms with Crippen molar-refractivity contribution in [2.45, 2.75) is 6.42 Å². The van der Waals surface area contributed by atoms with Gasteiger partial charge in [0, 0.05) is 23.0 Å². The first-order valence-corrected chi connectivity index (χ1v) is 4.75. The second kappa shape index (κ2) is 5.10. The SMILES string of the molecule is O=C(CCCl)Nc1ccc(Cl)cc1. The van der Waals surface area contributed by atoms with Crippen molar-refractivity contribution in [3.63, 3.8) is 0 Å². The summed E-state index contributed by atoms with van der Waals surface area (Å²) < 4.78 is 0. The van der Waals surface area contributed by atoms with E-state index in [1.807, 2.05) is 0 Å². The highest BCUT2D eigenvalue weighted by molar-refractivity contribution is 6.30. The molecule has 0 aromatic heterocycles. The molecule has 0 aliphatic carbocycles. The summed E-state index contributed by atoms with van der Waals surface area (Å²) in [6.45, 7) is 0. The van der Waals surface area contributed by atoms with Crippen LogP contribution in [0.1, 0.15) is 6.42 Å². The van der Waals surface area contributed by atoms with Crippen molar-refractivity contribution in [3.8, 4) is 0 Å². The first-order chi connectivity index (χ1) is 6.22. The van der Waals surface area contributed by atoms with Crippen LogP contribution in [0.2, 0.25) is 5.02 Å². The summed E-state index contributed by atoms with van der Waals surface area (Å²) in [7, 11) is 0. The van der Waals surface area contributed by atoms with Crippen LogP contribution in [0.5, 0.6) is 0 Å². The topological polar surface area (TPSA) is 29.1 Å². The molecule has 0 bridgehead atoms. The molecular formula is C9H9Cl2NO. The summed E-state index contributed by atoms with van der Waals surface area (Å²) in [4.78, 5) is 11.1. The summed E-state index contributed by atoms with van der Waals surface area (Å²) in [6.07, 6.45) is 0.324. The molecular weight excluding hydrogens is 209 g/mol. The van der Waals surface area contributed by atoms with Crippen molar-refractivity contribution in [1.82, 2.24) is 0 Å². The molecule has 1 aromatic carbocycles. The van der Waals surface area contributed by atoms with E-state index in [9.17, 15) is 4.79 Å². The van der Waals surface area contributed by atoms with E-state index >= 15 is 0 Å². The minimum atomic E-state index is -0.0858. The second-order valence-electron chi connectivity index (χ2n) is 2.49. The largest absolute Gasteiger partial charge is 0.326 e. The molecule has 1 amide bonds. The van der Waals surface area contributed by atoms with E-state index in [0.717, 1.165) is 5.69 Å². The van der Waals surface area contributed by atoms with Crippen molar-refractivity contribution in [3.05, 3.63) is 29.3 Å². The molecule has 0 radical (unpaired) electrons. The number of anilines is 1. The van der Waals surface area contributed by atoms with E-state index in [-0.39, 0.29) is 5.91 Å². The molecule has 70 valence electrons. The Morgan fingerprint density at radius 2 is 1.92 bits per heavy atom. The Kier molecular flexibility index (Phi) is 4.06. The maximum atomic E-state index is 11.1. The van der Waals surface area contributed by atoms with Gasteiger partial charge in [-0.05, 0) is 24.3 Å². The molecule has 1 rings (SSSR count). The zero-order valence-electron chi connectivity index (χ0n) is 6.89. The highest BCUT2D eigenvalue weighted by atomic mass is 35.5. The zero-order valence-corrected chi connectivity index (χ0v) is 8.40. The number of hydrogen-bond acceptors (Lipinski definition) is 1. The van der Waals surface area contributed by atoms with Crippen LogP contribution >= 0.6 is 23.2 Å². The van der Waals surface area contributed by atoms with Crippen molar-refractivity contribution in [2.75, 3.05) is 11.2 Å². The van der Waals surface area contributed by atoms with Gasteiger partial charge in [0.2, 0.25) is 5.91 Å². The molecule has 2 nitrogen and oxygen atoms in total. The zero-order chi connectivity index (χ0) is 9.68. The van der Waals surface area contributed by atoms with E-state index in [1.54, 1.807) is 24.3 Å². The van der Waals surface area contributed by atoms with Gasteiger partial charge in [0.15, 0.2) is 0 Å². The first kappa shape index (κ1) is 10.4. The third kappa shape index (κ3) is 3.66. The molecule has 0 saturated heterocycles. The van der Waals surface area contributed by atoms with Gasteiger partial charge in [-0.25, -0.2) is 0 Å². The molecule has 4 heteroatoms. The van der Waals surface area contributed by atoms with Crippen molar-refractivity contribution >= 4 is 34.8 Å². The van der Waals surface area contributed by atoms with Crippen molar-refractivity contribution < 1.29 is 4.79 Å².